The summed E-state index contributed by atoms with van der Waals surface area (Å²) in [7, 11) is 0. The molecule has 2 N–H and O–H groups in total. The molecule has 0 unspecified atom stereocenters. The topological polar surface area (TPSA) is 37.0 Å². The zero-order chi connectivity index (χ0) is 12.8. The minimum atomic E-state index is 0.453. The van der Waals surface area contributed by atoms with Gasteiger partial charge in [0.25, 0.3) is 0 Å². The summed E-state index contributed by atoms with van der Waals surface area (Å²) in [5.74, 6) is 1.95. The van der Waals surface area contributed by atoms with E-state index in [1.54, 1.807) is 0 Å². The van der Waals surface area contributed by atoms with Gasteiger partial charge in [0.2, 0.25) is 0 Å². The summed E-state index contributed by atoms with van der Waals surface area (Å²) in [5.41, 5.74) is 0. The summed E-state index contributed by atoms with van der Waals surface area (Å²) in [6.07, 6.45) is 7.36. The molecular weight excluding hydrogens is 242 g/mol. The molecule has 18 heavy (non-hydrogen) atoms. The van der Waals surface area contributed by atoms with Crippen LogP contribution in [0.15, 0.2) is 18.2 Å². The molecule has 1 aromatic heterocycles. The summed E-state index contributed by atoms with van der Waals surface area (Å²) < 4.78 is 0.453. The third kappa shape index (κ3) is 3.31. The highest BCUT2D eigenvalue weighted by Gasteiger charge is 2.35. The molecule has 0 atom stereocenters. The summed E-state index contributed by atoms with van der Waals surface area (Å²) in [6.45, 7) is 4.16. The van der Waals surface area contributed by atoms with Crippen molar-refractivity contribution in [3.8, 4) is 0 Å². The van der Waals surface area contributed by atoms with Gasteiger partial charge in [-0.3, -0.25) is 0 Å². The largest absolute Gasteiger partial charge is 0.370 e. The van der Waals surface area contributed by atoms with Crippen molar-refractivity contribution in [3.05, 3.63) is 18.2 Å². The minimum absolute atomic E-state index is 0.453. The first-order valence-corrected chi connectivity index (χ1v) is 8.00. The van der Waals surface area contributed by atoms with Crippen molar-refractivity contribution in [1.29, 1.82) is 0 Å². The number of nitrogens with zero attached hydrogens (tertiary/aromatic N) is 1. The first-order valence-electron chi connectivity index (χ1n) is 6.78. The standard InChI is InChI=1S/C14H23N3S/c1-3-10-15-12-6-4-7-13(17-12)16-11-14(18-2)8-5-9-14/h4,6-7H,3,5,8-11H2,1-2H3,(H2,15,16,17). The van der Waals surface area contributed by atoms with Gasteiger partial charge in [-0.15, -0.1) is 0 Å². The molecule has 0 saturated heterocycles. The van der Waals surface area contributed by atoms with Gasteiger partial charge in [0.05, 0.1) is 0 Å². The fourth-order valence-electron chi connectivity index (χ4n) is 2.16. The van der Waals surface area contributed by atoms with E-state index >= 15 is 0 Å². The second-order valence-corrected chi connectivity index (χ2v) is 6.20. The van der Waals surface area contributed by atoms with Crippen molar-refractivity contribution >= 4 is 23.4 Å². The van der Waals surface area contributed by atoms with Crippen molar-refractivity contribution in [1.82, 2.24) is 4.98 Å². The van der Waals surface area contributed by atoms with Crippen molar-refractivity contribution in [2.75, 3.05) is 30.0 Å². The van der Waals surface area contributed by atoms with Crippen LogP contribution < -0.4 is 10.6 Å². The summed E-state index contributed by atoms with van der Waals surface area (Å²) in [6, 6.07) is 6.12. The molecule has 3 nitrogen and oxygen atoms in total. The maximum absolute atomic E-state index is 4.57. The molecule has 0 spiro atoms. The molecule has 1 fully saturated rings. The molecule has 0 aliphatic heterocycles. The van der Waals surface area contributed by atoms with Crippen LogP contribution in [-0.4, -0.2) is 29.1 Å². The molecule has 0 aromatic carbocycles. The Bertz CT molecular complexity index is 372. The molecule has 100 valence electrons. The predicted octanol–water partition coefficient (Wildman–Crippen LogP) is 3.60. The molecule has 1 heterocycles. The highest BCUT2D eigenvalue weighted by Crippen LogP contribution is 2.42. The van der Waals surface area contributed by atoms with E-state index in [1.165, 1.54) is 19.3 Å². The Hall–Kier alpha value is -0.900. The lowest BCUT2D eigenvalue weighted by atomic mass is 9.84. The molecule has 0 radical (unpaired) electrons. The van der Waals surface area contributed by atoms with Gasteiger partial charge in [-0.25, -0.2) is 4.98 Å². The quantitative estimate of drug-likeness (QED) is 0.790. The van der Waals surface area contributed by atoms with Gasteiger partial charge in [0.15, 0.2) is 0 Å². The normalized spacial score (nSPS) is 17.0. The molecule has 1 aliphatic rings. The highest BCUT2D eigenvalue weighted by atomic mass is 32.2. The average molecular weight is 265 g/mol. The molecule has 1 saturated carbocycles. The lowest BCUT2D eigenvalue weighted by molar-refractivity contribution is 0.379. The van der Waals surface area contributed by atoms with Gasteiger partial charge in [-0.2, -0.15) is 11.8 Å². The molecule has 1 aliphatic carbocycles. The fourth-order valence-corrected chi connectivity index (χ4v) is 3.07. The van der Waals surface area contributed by atoms with Crippen LogP contribution in [0.3, 0.4) is 0 Å². The van der Waals surface area contributed by atoms with E-state index in [4.69, 9.17) is 0 Å². The number of hydrogen-bond acceptors (Lipinski definition) is 4. The first-order chi connectivity index (χ1) is 8.78. The number of hydrogen-bond donors (Lipinski definition) is 2. The minimum Gasteiger partial charge on any atom is -0.370 e. The Labute approximate surface area is 114 Å². The van der Waals surface area contributed by atoms with Crippen LogP contribution in [0.2, 0.25) is 0 Å². The molecule has 0 amide bonds. The van der Waals surface area contributed by atoms with Crippen LogP contribution >= 0.6 is 11.8 Å². The Morgan fingerprint density at radius 2 is 2.00 bits per heavy atom. The SMILES string of the molecule is CCCNc1cccc(NCC2(SC)CCC2)n1. The zero-order valence-electron chi connectivity index (χ0n) is 11.3. The highest BCUT2D eigenvalue weighted by molar-refractivity contribution is 8.00. The van der Waals surface area contributed by atoms with Crippen LogP contribution in [0.25, 0.3) is 0 Å². The van der Waals surface area contributed by atoms with E-state index in [0.29, 0.717) is 4.75 Å². The van der Waals surface area contributed by atoms with Gasteiger partial charge in [-0.1, -0.05) is 19.4 Å². The Balaban J connectivity index is 1.88. The third-order valence-corrected chi connectivity index (χ3v) is 5.01. The van der Waals surface area contributed by atoms with E-state index in [0.717, 1.165) is 31.1 Å². The lowest BCUT2D eigenvalue weighted by Gasteiger charge is -2.40. The molecular formula is C14H23N3S. The first kappa shape index (κ1) is 13.5. The van der Waals surface area contributed by atoms with Crippen molar-refractivity contribution in [2.45, 2.75) is 37.4 Å². The van der Waals surface area contributed by atoms with Gasteiger partial charge in [-0.05, 0) is 37.7 Å². The van der Waals surface area contributed by atoms with Gasteiger partial charge in [0, 0.05) is 17.8 Å². The number of pyridine rings is 1. The predicted molar refractivity (Wildman–Crippen MR) is 81.6 cm³/mol. The maximum Gasteiger partial charge on any atom is 0.128 e. The summed E-state index contributed by atoms with van der Waals surface area (Å²) in [5, 5.41) is 6.80. The van der Waals surface area contributed by atoms with E-state index in [9.17, 15) is 0 Å². The zero-order valence-corrected chi connectivity index (χ0v) is 12.1. The van der Waals surface area contributed by atoms with Crippen LogP contribution in [0.5, 0.6) is 0 Å². The molecule has 4 heteroatoms. The average Bonchev–Trinajstić information content (AvgIpc) is 2.36. The monoisotopic (exact) mass is 265 g/mol. The van der Waals surface area contributed by atoms with E-state index in [2.05, 4.69) is 34.9 Å². The number of anilines is 2. The maximum atomic E-state index is 4.57. The molecule has 2 rings (SSSR count). The lowest BCUT2D eigenvalue weighted by Crippen LogP contribution is -2.40. The van der Waals surface area contributed by atoms with E-state index < -0.39 is 0 Å². The van der Waals surface area contributed by atoms with E-state index in [-0.39, 0.29) is 0 Å². The van der Waals surface area contributed by atoms with Crippen LogP contribution in [-0.2, 0) is 0 Å². The van der Waals surface area contributed by atoms with Gasteiger partial charge < -0.3 is 10.6 Å². The summed E-state index contributed by atoms with van der Waals surface area (Å²) >= 11 is 1.99. The second-order valence-electron chi connectivity index (χ2n) is 4.93. The van der Waals surface area contributed by atoms with Crippen molar-refractivity contribution < 1.29 is 0 Å². The van der Waals surface area contributed by atoms with Crippen LogP contribution in [0.4, 0.5) is 11.6 Å². The Morgan fingerprint density at radius 3 is 2.56 bits per heavy atom. The van der Waals surface area contributed by atoms with Gasteiger partial charge >= 0.3 is 0 Å². The van der Waals surface area contributed by atoms with Crippen molar-refractivity contribution in [2.24, 2.45) is 0 Å². The molecule has 0 bridgehead atoms. The smallest absolute Gasteiger partial charge is 0.128 e. The van der Waals surface area contributed by atoms with Gasteiger partial charge in [0.1, 0.15) is 11.6 Å². The number of nitrogens with one attached hydrogen (secondary N) is 2. The fraction of sp³-hybridized carbons (Fsp3) is 0.643. The molecule has 1 aromatic rings. The Kier molecular flexibility index (Phi) is 4.75. The van der Waals surface area contributed by atoms with Crippen LogP contribution in [0, 0.1) is 0 Å². The van der Waals surface area contributed by atoms with Crippen molar-refractivity contribution in [3.63, 3.8) is 0 Å². The number of aromatic nitrogens is 1. The van der Waals surface area contributed by atoms with E-state index in [1.807, 2.05) is 23.9 Å². The Morgan fingerprint density at radius 1 is 1.28 bits per heavy atom. The second kappa shape index (κ2) is 6.32. The van der Waals surface area contributed by atoms with Crippen LogP contribution in [0.1, 0.15) is 32.6 Å². The summed E-state index contributed by atoms with van der Waals surface area (Å²) in [4.78, 5) is 4.57. The number of rotatable bonds is 7. The third-order valence-electron chi connectivity index (χ3n) is 3.59. The number of thioether (sulfide) groups is 1.